The first kappa shape index (κ1) is 20.1. The van der Waals surface area contributed by atoms with Gasteiger partial charge >= 0.3 is 0 Å². The minimum Gasteiger partial charge on any atom is -0.326 e. The molecule has 0 radical (unpaired) electrons. The number of carbonyl (C=O) groups excluding carboxylic acids is 3. The number of carbonyl (C=O) groups is 3. The van der Waals surface area contributed by atoms with E-state index in [0.717, 1.165) is 40.2 Å². The van der Waals surface area contributed by atoms with Crippen molar-refractivity contribution < 1.29 is 14.4 Å². The van der Waals surface area contributed by atoms with Crippen LogP contribution in [0.4, 0.5) is 17.1 Å². The van der Waals surface area contributed by atoms with Crippen LogP contribution in [-0.2, 0) is 20.8 Å². The molecule has 0 bridgehead atoms. The zero-order valence-corrected chi connectivity index (χ0v) is 17.7. The molecule has 1 saturated heterocycles. The summed E-state index contributed by atoms with van der Waals surface area (Å²) in [6.45, 7) is 6.89. The Morgan fingerprint density at radius 2 is 1.93 bits per heavy atom. The molecule has 0 aromatic heterocycles. The van der Waals surface area contributed by atoms with E-state index in [0.29, 0.717) is 19.5 Å². The Morgan fingerprint density at radius 3 is 2.67 bits per heavy atom. The Kier molecular flexibility index (Phi) is 5.33. The molecule has 6 heteroatoms. The number of fused-ring (bicyclic) bond motifs is 1. The molecule has 0 unspecified atom stereocenters. The van der Waals surface area contributed by atoms with Crippen molar-refractivity contribution in [2.75, 3.05) is 28.2 Å². The van der Waals surface area contributed by atoms with E-state index in [2.05, 4.69) is 5.32 Å². The highest BCUT2D eigenvalue weighted by atomic mass is 16.2. The van der Waals surface area contributed by atoms with Gasteiger partial charge in [-0.3, -0.25) is 14.4 Å². The van der Waals surface area contributed by atoms with E-state index in [4.69, 9.17) is 0 Å². The molecule has 156 valence electrons. The zero-order valence-electron chi connectivity index (χ0n) is 17.7. The van der Waals surface area contributed by atoms with Crippen LogP contribution in [0.2, 0.25) is 0 Å². The number of anilines is 3. The molecule has 2 aromatic carbocycles. The molecule has 0 aliphatic carbocycles. The van der Waals surface area contributed by atoms with Crippen molar-refractivity contribution in [3.63, 3.8) is 0 Å². The van der Waals surface area contributed by atoms with Crippen LogP contribution in [0.25, 0.3) is 0 Å². The van der Waals surface area contributed by atoms with E-state index in [1.54, 1.807) is 4.90 Å². The average Bonchev–Trinajstić information content (AvgIpc) is 3.32. The highest BCUT2D eigenvalue weighted by Gasteiger charge is 2.36. The van der Waals surface area contributed by atoms with Crippen LogP contribution in [0.15, 0.2) is 36.4 Å². The second-order valence-corrected chi connectivity index (χ2v) is 8.17. The quantitative estimate of drug-likeness (QED) is 0.845. The molecule has 30 heavy (non-hydrogen) atoms. The fourth-order valence-electron chi connectivity index (χ4n) is 4.33. The summed E-state index contributed by atoms with van der Waals surface area (Å²) >= 11 is 0. The van der Waals surface area contributed by atoms with Gasteiger partial charge in [-0.2, -0.15) is 0 Å². The molecular weight excluding hydrogens is 378 g/mol. The number of aryl methyl sites for hydroxylation is 2. The summed E-state index contributed by atoms with van der Waals surface area (Å²) in [7, 11) is 0. The summed E-state index contributed by atoms with van der Waals surface area (Å²) < 4.78 is 0. The van der Waals surface area contributed by atoms with Crippen molar-refractivity contribution in [3.05, 3.63) is 53.1 Å². The van der Waals surface area contributed by atoms with Crippen LogP contribution in [0.1, 0.15) is 36.5 Å². The molecule has 0 saturated carbocycles. The van der Waals surface area contributed by atoms with Crippen molar-refractivity contribution in [1.29, 1.82) is 0 Å². The molecule has 4 rings (SSSR count). The summed E-state index contributed by atoms with van der Waals surface area (Å²) in [5.41, 5.74) is 5.74. The van der Waals surface area contributed by atoms with Crippen molar-refractivity contribution >= 4 is 34.8 Å². The standard InChI is InChI=1S/C24H27N3O3/c1-4-22(28)26-10-9-17-12-19(6-8-21(17)26)27-14-18(13-23(27)29)24(30)25-20-7-5-15(2)11-16(20)3/h5-8,11-12,18H,4,9-10,13-14H2,1-3H3,(H,25,30)/t18-/m1/s1. The molecule has 2 aromatic rings. The number of nitrogens with zero attached hydrogens (tertiary/aromatic N) is 2. The molecule has 3 amide bonds. The lowest BCUT2D eigenvalue weighted by Crippen LogP contribution is -2.28. The lowest BCUT2D eigenvalue weighted by atomic mass is 10.1. The van der Waals surface area contributed by atoms with Gasteiger partial charge in [0.25, 0.3) is 0 Å². The lowest BCUT2D eigenvalue weighted by Gasteiger charge is -2.20. The molecule has 1 atom stereocenters. The van der Waals surface area contributed by atoms with Gasteiger partial charge in [0.15, 0.2) is 0 Å². The first-order valence-corrected chi connectivity index (χ1v) is 10.5. The van der Waals surface area contributed by atoms with E-state index >= 15 is 0 Å². The molecule has 2 aliphatic rings. The van der Waals surface area contributed by atoms with E-state index in [9.17, 15) is 14.4 Å². The Labute approximate surface area is 176 Å². The van der Waals surface area contributed by atoms with E-state index in [1.165, 1.54) is 0 Å². The van der Waals surface area contributed by atoms with Crippen molar-refractivity contribution in [1.82, 2.24) is 0 Å². The van der Waals surface area contributed by atoms with Gasteiger partial charge in [-0.05, 0) is 55.7 Å². The summed E-state index contributed by atoms with van der Waals surface area (Å²) in [5.74, 6) is -0.444. The maximum absolute atomic E-state index is 12.8. The smallest absolute Gasteiger partial charge is 0.229 e. The molecule has 2 heterocycles. The zero-order chi connectivity index (χ0) is 21.4. The Bertz CT molecular complexity index is 1030. The fraction of sp³-hybridized carbons (Fsp3) is 0.375. The Hall–Kier alpha value is -3.15. The molecule has 2 aliphatic heterocycles. The molecule has 0 spiro atoms. The molecular formula is C24H27N3O3. The highest BCUT2D eigenvalue weighted by Crippen LogP contribution is 2.34. The van der Waals surface area contributed by atoms with Crippen molar-refractivity contribution in [2.45, 2.75) is 40.0 Å². The predicted molar refractivity (Wildman–Crippen MR) is 118 cm³/mol. The summed E-state index contributed by atoms with van der Waals surface area (Å²) in [4.78, 5) is 41.0. The van der Waals surface area contributed by atoms with Crippen molar-refractivity contribution in [2.24, 2.45) is 5.92 Å². The Balaban J connectivity index is 1.47. The summed E-state index contributed by atoms with van der Waals surface area (Å²) in [5, 5.41) is 2.98. The van der Waals surface area contributed by atoms with Gasteiger partial charge in [0, 0.05) is 43.0 Å². The fourth-order valence-corrected chi connectivity index (χ4v) is 4.33. The van der Waals surface area contributed by atoms with E-state index in [1.807, 2.05) is 62.1 Å². The number of rotatable bonds is 4. The number of nitrogens with one attached hydrogen (secondary N) is 1. The SMILES string of the molecule is CCC(=O)N1CCc2cc(N3C[C@H](C(=O)Nc4ccc(C)cc4C)CC3=O)ccc21. The maximum atomic E-state index is 12.8. The normalized spacial score (nSPS) is 18.0. The van der Waals surface area contributed by atoms with Crippen LogP contribution in [0.3, 0.4) is 0 Å². The summed E-state index contributed by atoms with van der Waals surface area (Å²) in [6, 6.07) is 11.7. The lowest BCUT2D eigenvalue weighted by molar-refractivity contribution is -0.122. The topological polar surface area (TPSA) is 69.7 Å². The maximum Gasteiger partial charge on any atom is 0.229 e. The predicted octanol–water partition coefficient (Wildman–Crippen LogP) is 3.59. The number of benzene rings is 2. The van der Waals surface area contributed by atoms with E-state index in [-0.39, 0.29) is 30.1 Å². The van der Waals surface area contributed by atoms with E-state index < -0.39 is 0 Å². The number of hydrogen-bond acceptors (Lipinski definition) is 3. The third-order valence-corrected chi connectivity index (χ3v) is 6.01. The van der Waals surface area contributed by atoms with Gasteiger partial charge in [-0.15, -0.1) is 0 Å². The number of amides is 3. The van der Waals surface area contributed by atoms with Gasteiger partial charge in [0.2, 0.25) is 17.7 Å². The second-order valence-electron chi connectivity index (χ2n) is 8.17. The minimum atomic E-state index is -0.385. The van der Waals surface area contributed by atoms with Crippen molar-refractivity contribution in [3.8, 4) is 0 Å². The first-order valence-electron chi connectivity index (χ1n) is 10.5. The molecule has 6 nitrogen and oxygen atoms in total. The van der Waals surface area contributed by atoms with Crippen LogP contribution < -0.4 is 15.1 Å². The van der Waals surface area contributed by atoms with Gasteiger partial charge in [0.05, 0.1) is 5.92 Å². The largest absolute Gasteiger partial charge is 0.326 e. The first-order chi connectivity index (χ1) is 14.4. The second kappa shape index (κ2) is 7.94. The van der Waals surface area contributed by atoms with Gasteiger partial charge < -0.3 is 15.1 Å². The van der Waals surface area contributed by atoms with Crippen LogP contribution in [0.5, 0.6) is 0 Å². The monoisotopic (exact) mass is 405 g/mol. The molecule has 1 N–H and O–H groups in total. The van der Waals surface area contributed by atoms with Crippen LogP contribution >= 0.6 is 0 Å². The summed E-state index contributed by atoms with van der Waals surface area (Å²) in [6.07, 6.45) is 1.46. The average molecular weight is 405 g/mol. The van der Waals surface area contributed by atoms with Gasteiger partial charge in [-0.1, -0.05) is 24.6 Å². The van der Waals surface area contributed by atoms with Gasteiger partial charge in [-0.25, -0.2) is 0 Å². The third-order valence-electron chi connectivity index (χ3n) is 6.01. The van der Waals surface area contributed by atoms with Crippen LogP contribution in [-0.4, -0.2) is 30.8 Å². The third kappa shape index (κ3) is 3.70. The number of hydrogen-bond donors (Lipinski definition) is 1. The molecule has 1 fully saturated rings. The van der Waals surface area contributed by atoms with Gasteiger partial charge in [0.1, 0.15) is 0 Å². The Morgan fingerprint density at radius 1 is 1.13 bits per heavy atom. The highest BCUT2D eigenvalue weighted by molar-refractivity contribution is 6.04. The van der Waals surface area contributed by atoms with Crippen LogP contribution in [0, 0.1) is 19.8 Å². The minimum absolute atomic E-state index is 0.0461.